The third-order valence-electron chi connectivity index (χ3n) is 4.26. The van der Waals surface area contributed by atoms with E-state index in [0.717, 1.165) is 22.4 Å². The molecule has 2 N–H and O–H groups in total. The number of amides is 1. The number of allylic oxidation sites excluding steroid dienone is 1. The van der Waals surface area contributed by atoms with Crippen molar-refractivity contribution in [1.82, 2.24) is 4.68 Å². The zero-order valence-corrected chi connectivity index (χ0v) is 16.0. The molecule has 3 aromatic rings. The number of aromatic hydroxyl groups is 1. The van der Waals surface area contributed by atoms with Gasteiger partial charge >= 0.3 is 0 Å². The monoisotopic (exact) mass is 393 g/mol. The predicted molar refractivity (Wildman–Crippen MR) is 112 cm³/mol. The van der Waals surface area contributed by atoms with Crippen LogP contribution in [-0.4, -0.2) is 21.9 Å². The maximum Gasteiger partial charge on any atom is 0.270 e. The highest BCUT2D eigenvalue weighted by Gasteiger charge is 2.17. The molecule has 4 rings (SSSR count). The Morgan fingerprint density at radius 1 is 1.22 bits per heavy atom. The number of rotatable bonds is 3. The van der Waals surface area contributed by atoms with Crippen molar-refractivity contribution in [3.05, 3.63) is 74.1 Å². The van der Waals surface area contributed by atoms with Crippen molar-refractivity contribution in [3.8, 4) is 5.88 Å². The fourth-order valence-electron chi connectivity index (χ4n) is 2.86. The van der Waals surface area contributed by atoms with Gasteiger partial charge in [0, 0.05) is 22.9 Å². The molecule has 0 fully saturated rings. The Bertz CT molecular complexity index is 1170. The molecule has 0 bridgehead atoms. The maximum absolute atomic E-state index is 12.5. The van der Waals surface area contributed by atoms with E-state index in [1.807, 2.05) is 49.4 Å². The molecule has 0 saturated carbocycles. The summed E-state index contributed by atoms with van der Waals surface area (Å²) in [5.74, 6) is -0.429. The van der Waals surface area contributed by atoms with Crippen LogP contribution in [0.15, 0.2) is 53.5 Å². The van der Waals surface area contributed by atoms with Crippen LogP contribution < -0.4 is 5.43 Å². The van der Waals surface area contributed by atoms with Gasteiger partial charge in [0.2, 0.25) is 5.88 Å². The molecule has 0 saturated heterocycles. The number of aliphatic imine (C=N–C) groups is 1. The fraction of sp³-hybridized carbons (Fsp3) is 0.0500. The van der Waals surface area contributed by atoms with Gasteiger partial charge in [-0.2, -0.15) is 4.68 Å². The molecular formula is C20H15N3O2S2. The minimum Gasteiger partial charge on any atom is -0.492 e. The highest BCUT2D eigenvalue weighted by molar-refractivity contribution is 7.73. The second kappa shape index (κ2) is 6.94. The van der Waals surface area contributed by atoms with E-state index in [1.165, 1.54) is 16.0 Å². The molecule has 2 heterocycles. The Balaban J connectivity index is 1.67. The van der Waals surface area contributed by atoms with Crippen molar-refractivity contribution in [2.45, 2.75) is 6.92 Å². The molecule has 7 heteroatoms. The molecule has 0 radical (unpaired) electrons. The number of nitrogens with one attached hydrogen (secondary N) is 1. The highest BCUT2D eigenvalue weighted by atomic mass is 32.1. The predicted octanol–water partition coefficient (Wildman–Crippen LogP) is 4.93. The molecule has 1 aliphatic heterocycles. The van der Waals surface area contributed by atoms with Crippen molar-refractivity contribution in [2.75, 3.05) is 5.43 Å². The molecule has 0 aliphatic carbocycles. The fourth-order valence-corrected chi connectivity index (χ4v) is 4.04. The first-order valence-corrected chi connectivity index (χ1v) is 9.44. The van der Waals surface area contributed by atoms with Gasteiger partial charge in [-0.05, 0) is 42.9 Å². The molecule has 2 aromatic carbocycles. The molecular weight excluding hydrogens is 378 g/mol. The zero-order chi connectivity index (χ0) is 19.0. The van der Waals surface area contributed by atoms with E-state index in [9.17, 15) is 9.90 Å². The van der Waals surface area contributed by atoms with E-state index < -0.39 is 0 Å². The molecule has 134 valence electrons. The first-order chi connectivity index (χ1) is 13.0. The topological polar surface area (TPSA) is 66.6 Å². The van der Waals surface area contributed by atoms with E-state index >= 15 is 0 Å². The summed E-state index contributed by atoms with van der Waals surface area (Å²) >= 11 is 6.54. The highest BCUT2D eigenvalue weighted by Crippen LogP contribution is 2.35. The number of hydrogen-bond donors (Lipinski definition) is 2. The molecule has 1 aromatic heterocycles. The zero-order valence-electron chi connectivity index (χ0n) is 14.3. The normalized spacial score (nSPS) is 13.7. The van der Waals surface area contributed by atoms with Crippen LogP contribution in [0.25, 0.3) is 11.6 Å². The van der Waals surface area contributed by atoms with Crippen molar-refractivity contribution in [2.24, 2.45) is 4.99 Å². The lowest BCUT2D eigenvalue weighted by atomic mass is 10.1. The van der Waals surface area contributed by atoms with Crippen LogP contribution in [0.3, 0.4) is 0 Å². The van der Waals surface area contributed by atoms with E-state index in [2.05, 4.69) is 10.4 Å². The average molecular weight is 393 g/mol. The summed E-state index contributed by atoms with van der Waals surface area (Å²) in [6.45, 7) is 1.86. The quantitative estimate of drug-likeness (QED) is 0.620. The Morgan fingerprint density at radius 3 is 2.78 bits per heavy atom. The Hall–Kier alpha value is -3.03. The van der Waals surface area contributed by atoms with E-state index in [4.69, 9.17) is 12.2 Å². The van der Waals surface area contributed by atoms with Gasteiger partial charge in [-0.15, -0.1) is 0 Å². The van der Waals surface area contributed by atoms with Gasteiger partial charge in [-0.25, -0.2) is 0 Å². The van der Waals surface area contributed by atoms with Crippen molar-refractivity contribution < 1.29 is 9.90 Å². The Labute approximate surface area is 164 Å². The molecule has 0 atom stereocenters. The summed E-state index contributed by atoms with van der Waals surface area (Å²) in [4.78, 5) is 17.5. The van der Waals surface area contributed by atoms with Gasteiger partial charge in [0.1, 0.15) is 0 Å². The number of carbonyl (C=O) groups is 1. The number of aromatic nitrogens is 1. The summed E-state index contributed by atoms with van der Waals surface area (Å²) in [5, 5.41) is 10.6. The summed E-state index contributed by atoms with van der Waals surface area (Å²) in [6, 6.07) is 15.0. The average Bonchev–Trinajstić information content (AvgIpc) is 3.19. The largest absolute Gasteiger partial charge is 0.492 e. The number of para-hydroxylation sites is 1. The summed E-state index contributed by atoms with van der Waals surface area (Å²) in [5.41, 5.74) is 6.81. The molecule has 5 nitrogen and oxygen atoms in total. The van der Waals surface area contributed by atoms with Crippen molar-refractivity contribution >= 4 is 53.0 Å². The van der Waals surface area contributed by atoms with Gasteiger partial charge in [-0.1, -0.05) is 47.7 Å². The number of nitrogens with zero attached hydrogens (tertiary/aromatic N) is 2. The smallest absolute Gasteiger partial charge is 0.270 e. The summed E-state index contributed by atoms with van der Waals surface area (Å²) in [7, 11) is 0. The third kappa shape index (κ3) is 3.22. The number of benzene rings is 2. The SMILES string of the molecule is Cc1ccccc1C(=O)Nn1c(O)c(C=C2C=Nc3ccccc32)sc1=S. The Morgan fingerprint density at radius 2 is 1.96 bits per heavy atom. The standard InChI is InChI=1S/C20H15N3O2S2/c1-12-6-2-3-7-14(12)18(24)22-23-19(25)17(27-20(23)26)10-13-11-21-16-9-5-4-8-15(13)16/h2-11,25H,1H3,(H,22,24). The second-order valence-corrected chi connectivity index (χ2v) is 7.70. The van der Waals surface area contributed by atoms with Crippen molar-refractivity contribution in [3.63, 3.8) is 0 Å². The van der Waals surface area contributed by atoms with Gasteiger partial charge in [0.15, 0.2) is 3.95 Å². The van der Waals surface area contributed by atoms with Gasteiger partial charge in [0.25, 0.3) is 5.91 Å². The van der Waals surface area contributed by atoms with E-state index in [-0.39, 0.29) is 11.8 Å². The van der Waals surface area contributed by atoms with E-state index in [1.54, 1.807) is 18.3 Å². The maximum atomic E-state index is 12.5. The van der Waals surface area contributed by atoms with Crippen LogP contribution in [0.1, 0.15) is 26.4 Å². The van der Waals surface area contributed by atoms with Crippen LogP contribution in [0.4, 0.5) is 5.69 Å². The first kappa shape index (κ1) is 17.4. The van der Waals surface area contributed by atoms with Crippen LogP contribution >= 0.6 is 23.6 Å². The summed E-state index contributed by atoms with van der Waals surface area (Å²) in [6.07, 6.45) is 3.57. The number of aryl methyl sites for hydroxylation is 1. The van der Waals surface area contributed by atoms with Crippen molar-refractivity contribution in [1.29, 1.82) is 0 Å². The van der Waals surface area contributed by atoms with Crippen LogP contribution in [0, 0.1) is 10.9 Å². The number of hydrogen-bond acceptors (Lipinski definition) is 5. The molecule has 1 amide bonds. The lowest BCUT2D eigenvalue weighted by molar-refractivity contribution is 0.100. The lowest BCUT2D eigenvalue weighted by Gasteiger charge is -2.09. The lowest BCUT2D eigenvalue weighted by Crippen LogP contribution is -2.23. The minimum atomic E-state index is -0.329. The van der Waals surface area contributed by atoms with Gasteiger partial charge in [-0.3, -0.25) is 15.2 Å². The molecule has 0 unspecified atom stereocenters. The number of carbonyl (C=O) groups excluding carboxylic acids is 1. The molecule has 27 heavy (non-hydrogen) atoms. The van der Waals surface area contributed by atoms with Gasteiger partial charge in [0.05, 0.1) is 10.6 Å². The molecule has 0 spiro atoms. The van der Waals surface area contributed by atoms with Gasteiger partial charge < -0.3 is 5.11 Å². The Kier molecular flexibility index (Phi) is 4.47. The van der Waals surface area contributed by atoms with Crippen LogP contribution in [-0.2, 0) is 0 Å². The minimum absolute atomic E-state index is 0.0998. The summed E-state index contributed by atoms with van der Waals surface area (Å²) < 4.78 is 1.59. The number of thiazole rings is 1. The van der Waals surface area contributed by atoms with E-state index in [0.29, 0.717) is 14.4 Å². The molecule has 1 aliphatic rings. The number of fused-ring (bicyclic) bond motifs is 1. The third-order valence-corrected chi connectivity index (χ3v) is 5.57. The second-order valence-electron chi connectivity index (χ2n) is 6.02. The first-order valence-electron chi connectivity index (χ1n) is 8.21. The van der Waals surface area contributed by atoms with Crippen LogP contribution in [0.5, 0.6) is 5.88 Å². The van der Waals surface area contributed by atoms with Crippen LogP contribution in [0.2, 0.25) is 0 Å².